The van der Waals surface area contributed by atoms with Crippen LogP contribution >= 0.6 is 0 Å². The summed E-state index contributed by atoms with van der Waals surface area (Å²) in [7, 11) is 0. The van der Waals surface area contributed by atoms with Crippen LogP contribution in [0.25, 0.3) is 0 Å². The van der Waals surface area contributed by atoms with E-state index in [0.29, 0.717) is 17.2 Å². The molecule has 1 aromatic rings. The maximum atomic E-state index is 12.5. The molecule has 0 bridgehead atoms. The van der Waals surface area contributed by atoms with Crippen LogP contribution < -0.4 is 14.2 Å². The topological polar surface area (TPSA) is 48.0 Å². The molecule has 2 rings (SSSR count). The highest BCUT2D eigenvalue weighted by atomic mass is 16.7. The van der Waals surface area contributed by atoms with Crippen molar-refractivity contribution in [2.45, 2.75) is 52.8 Å². The van der Waals surface area contributed by atoms with Gasteiger partial charge in [-0.25, -0.2) is 0 Å². The fraction of sp³-hybridized carbons (Fsp3) is 0.562. The molecule has 0 N–H and O–H groups in total. The summed E-state index contributed by atoms with van der Waals surface area (Å²) in [6.07, 6.45) is -0.546. The molecule has 1 aromatic carbocycles. The van der Waals surface area contributed by atoms with Crippen LogP contribution in [0.5, 0.6) is 17.2 Å². The first-order chi connectivity index (χ1) is 9.90. The van der Waals surface area contributed by atoms with Gasteiger partial charge >= 0.3 is 0 Å². The molecule has 0 radical (unpaired) electrons. The van der Waals surface area contributed by atoms with Crippen LogP contribution in [0.15, 0.2) is 18.2 Å². The van der Waals surface area contributed by atoms with Gasteiger partial charge in [-0.3, -0.25) is 4.79 Å². The largest absolute Gasteiger partial charge is 0.481 e. The molecule has 5 nitrogen and oxygen atoms in total. The number of carbonyl (C=O) groups excluding carboxylic acids is 1. The maximum Gasteiger partial charge on any atom is 0.263 e. The minimum absolute atomic E-state index is 0.0160. The second-order valence-electron chi connectivity index (χ2n) is 5.71. The van der Waals surface area contributed by atoms with Crippen LogP contribution in [-0.4, -0.2) is 35.8 Å². The van der Waals surface area contributed by atoms with Crippen LogP contribution in [0.4, 0.5) is 0 Å². The van der Waals surface area contributed by atoms with E-state index in [1.165, 1.54) is 0 Å². The molecule has 1 aliphatic heterocycles. The van der Waals surface area contributed by atoms with E-state index in [0.717, 1.165) is 0 Å². The van der Waals surface area contributed by atoms with E-state index in [1.54, 1.807) is 25.1 Å². The number of rotatable bonds is 5. The minimum Gasteiger partial charge on any atom is -0.481 e. The van der Waals surface area contributed by atoms with Crippen molar-refractivity contribution < 1.29 is 19.0 Å². The average molecular weight is 293 g/mol. The molecule has 21 heavy (non-hydrogen) atoms. The van der Waals surface area contributed by atoms with E-state index in [-0.39, 0.29) is 24.8 Å². The Labute approximate surface area is 125 Å². The quantitative estimate of drug-likeness (QED) is 0.837. The molecule has 1 amide bonds. The smallest absolute Gasteiger partial charge is 0.263 e. The number of amides is 1. The fourth-order valence-electron chi connectivity index (χ4n) is 2.52. The molecule has 0 spiro atoms. The number of fused-ring (bicyclic) bond motifs is 1. The molecule has 116 valence electrons. The first-order valence-corrected chi connectivity index (χ1v) is 7.28. The molecule has 1 unspecified atom stereocenters. The van der Waals surface area contributed by atoms with Crippen molar-refractivity contribution in [1.29, 1.82) is 0 Å². The van der Waals surface area contributed by atoms with Crippen LogP contribution in [0, 0.1) is 0 Å². The first-order valence-electron chi connectivity index (χ1n) is 7.28. The van der Waals surface area contributed by atoms with E-state index in [2.05, 4.69) is 0 Å². The lowest BCUT2D eigenvalue weighted by atomic mass is 10.2. The molecule has 0 aliphatic carbocycles. The lowest BCUT2D eigenvalue weighted by Crippen LogP contribution is -2.47. The van der Waals surface area contributed by atoms with Gasteiger partial charge in [0.2, 0.25) is 6.79 Å². The zero-order chi connectivity index (χ0) is 15.6. The predicted molar refractivity (Wildman–Crippen MR) is 79.8 cm³/mol. The normalized spacial score (nSPS) is 14.4. The zero-order valence-electron chi connectivity index (χ0n) is 13.3. The second kappa shape index (κ2) is 6.24. The van der Waals surface area contributed by atoms with Gasteiger partial charge in [-0.1, -0.05) is 0 Å². The van der Waals surface area contributed by atoms with E-state index < -0.39 is 6.10 Å². The Morgan fingerprint density at radius 1 is 1.10 bits per heavy atom. The molecule has 0 fully saturated rings. The van der Waals surface area contributed by atoms with Crippen LogP contribution in [0.3, 0.4) is 0 Å². The summed E-state index contributed by atoms with van der Waals surface area (Å²) in [5, 5.41) is 0. The summed E-state index contributed by atoms with van der Waals surface area (Å²) in [5.41, 5.74) is 0. The van der Waals surface area contributed by atoms with Gasteiger partial charge in [-0.15, -0.1) is 0 Å². The third-order valence-corrected chi connectivity index (χ3v) is 3.37. The van der Waals surface area contributed by atoms with Crippen molar-refractivity contribution >= 4 is 5.91 Å². The van der Waals surface area contributed by atoms with Crippen molar-refractivity contribution in [3.8, 4) is 17.2 Å². The van der Waals surface area contributed by atoms with Gasteiger partial charge in [0.15, 0.2) is 17.6 Å². The van der Waals surface area contributed by atoms with E-state index in [4.69, 9.17) is 14.2 Å². The second-order valence-corrected chi connectivity index (χ2v) is 5.71. The number of nitrogens with zero attached hydrogens (tertiary/aromatic N) is 1. The molecular weight excluding hydrogens is 270 g/mol. The van der Waals surface area contributed by atoms with Crippen molar-refractivity contribution in [3.63, 3.8) is 0 Å². The summed E-state index contributed by atoms with van der Waals surface area (Å²) < 4.78 is 16.3. The standard InChI is InChI=1S/C16H23NO4/c1-10(2)17(11(3)4)16(18)12(5)21-13-6-7-14-15(8-13)20-9-19-14/h6-8,10-12H,9H2,1-5H3. The Bertz CT molecular complexity index is 505. The highest BCUT2D eigenvalue weighted by Crippen LogP contribution is 2.35. The Balaban J connectivity index is 2.06. The number of hydrogen-bond acceptors (Lipinski definition) is 4. The van der Waals surface area contributed by atoms with Gasteiger partial charge in [-0.2, -0.15) is 0 Å². The molecule has 0 saturated carbocycles. The molecule has 1 aliphatic rings. The summed E-state index contributed by atoms with van der Waals surface area (Å²) in [4.78, 5) is 14.3. The van der Waals surface area contributed by atoms with Crippen LogP contribution in [0.1, 0.15) is 34.6 Å². The lowest BCUT2D eigenvalue weighted by Gasteiger charge is -2.33. The summed E-state index contributed by atoms with van der Waals surface area (Å²) in [6, 6.07) is 5.60. The fourth-order valence-corrected chi connectivity index (χ4v) is 2.52. The van der Waals surface area contributed by atoms with Gasteiger partial charge in [-0.05, 0) is 46.8 Å². The number of ether oxygens (including phenoxy) is 3. The van der Waals surface area contributed by atoms with Gasteiger partial charge < -0.3 is 19.1 Å². The number of hydrogen-bond donors (Lipinski definition) is 0. The maximum absolute atomic E-state index is 12.5. The average Bonchev–Trinajstić information content (AvgIpc) is 2.85. The zero-order valence-corrected chi connectivity index (χ0v) is 13.3. The Morgan fingerprint density at radius 2 is 1.71 bits per heavy atom. The monoisotopic (exact) mass is 293 g/mol. The van der Waals surface area contributed by atoms with Crippen molar-refractivity contribution in [2.24, 2.45) is 0 Å². The summed E-state index contributed by atoms with van der Waals surface area (Å²) >= 11 is 0. The van der Waals surface area contributed by atoms with Crippen molar-refractivity contribution in [1.82, 2.24) is 4.90 Å². The minimum atomic E-state index is -0.546. The van der Waals surface area contributed by atoms with Crippen molar-refractivity contribution in [3.05, 3.63) is 18.2 Å². The van der Waals surface area contributed by atoms with Crippen LogP contribution in [0.2, 0.25) is 0 Å². The Morgan fingerprint density at radius 3 is 2.33 bits per heavy atom. The lowest BCUT2D eigenvalue weighted by molar-refractivity contribution is -0.141. The molecule has 0 saturated heterocycles. The predicted octanol–water partition coefficient (Wildman–Crippen LogP) is 2.83. The molecule has 1 atom stereocenters. The third-order valence-electron chi connectivity index (χ3n) is 3.37. The van der Waals surface area contributed by atoms with Gasteiger partial charge in [0, 0.05) is 18.2 Å². The van der Waals surface area contributed by atoms with E-state index in [9.17, 15) is 4.79 Å². The number of benzene rings is 1. The highest BCUT2D eigenvalue weighted by molar-refractivity contribution is 5.81. The molecular formula is C16H23NO4. The van der Waals surface area contributed by atoms with E-state index in [1.807, 2.05) is 32.6 Å². The Hall–Kier alpha value is -1.91. The Kier molecular flexibility index (Phi) is 4.60. The van der Waals surface area contributed by atoms with Crippen LogP contribution in [-0.2, 0) is 4.79 Å². The molecule has 1 heterocycles. The van der Waals surface area contributed by atoms with Gasteiger partial charge in [0.25, 0.3) is 5.91 Å². The van der Waals surface area contributed by atoms with Gasteiger partial charge in [0.05, 0.1) is 0 Å². The summed E-state index contributed by atoms with van der Waals surface area (Å²) in [5.74, 6) is 1.94. The summed E-state index contributed by atoms with van der Waals surface area (Å²) in [6.45, 7) is 10.0. The first kappa shape index (κ1) is 15.5. The van der Waals surface area contributed by atoms with E-state index >= 15 is 0 Å². The number of carbonyl (C=O) groups is 1. The third kappa shape index (κ3) is 3.40. The highest BCUT2D eigenvalue weighted by Gasteiger charge is 2.26. The molecule has 5 heteroatoms. The SMILES string of the molecule is CC(Oc1ccc2c(c1)OCO2)C(=O)N(C(C)C)C(C)C. The van der Waals surface area contributed by atoms with Crippen molar-refractivity contribution in [2.75, 3.05) is 6.79 Å². The van der Waals surface area contributed by atoms with Gasteiger partial charge in [0.1, 0.15) is 5.75 Å². The molecule has 0 aromatic heterocycles.